The van der Waals surface area contributed by atoms with E-state index in [4.69, 9.17) is 5.11 Å². The van der Waals surface area contributed by atoms with Gasteiger partial charge in [-0.25, -0.2) is 0 Å². The molecule has 3 heteroatoms. The number of rotatable bonds is 13. The average molecular weight is 270 g/mol. The van der Waals surface area contributed by atoms with Crippen molar-refractivity contribution in [1.29, 1.82) is 0 Å². The van der Waals surface area contributed by atoms with E-state index >= 15 is 0 Å². The smallest absolute Gasteiger partial charge is 0.303 e. The second-order valence-electron chi connectivity index (χ2n) is 5.20. The Morgan fingerprint density at radius 2 is 1.79 bits per heavy atom. The lowest BCUT2D eigenvalue weighted by Gasteiger charge is -2.06. The van der Waals surface area contributed by atoms with Gasteiger partial charge in [0.25, 0.3) is 0 Å². The van der Waals surface area contributed by atoms with Crippen molar-refractivity contribution >= 4 is 5.97 Å². The number of aliphatic hydroxyl groups is 1. The van der Waals surface area contributed by atoms with E-state index in [1.807, 2.05) is 0 Å². The first-order valence-electron chi connectivity index (χ1n) is 7.71. The second kappa shape index (κ2) is 13.6. The van der Waals surface area contributed by atoms with Gasteiger partial charge in [0.05, 0.1) is 6.10 Å². The summed E-state index contributed by atoms with van der Waals surface area (Å²) in [5.41, 5.74) is 0. The first-order chi connectivity index (χ1) is 9.16. The number of hydrogen-bond acceptors (Lipinski definition) is 2. The summed E-state index contributed by atoms with van der Waals surface area (Å²) in [5, 5.41) is 18.2. The predicted molar refractivity (Wildman–Crippen MR) is 79.2 cm³/mol. The average Bonchev–Trinajstić information content (AvgIpc) is 2.37. The lowest BCUT2D eigenvalue weighted by molar-refractivity contribution is -0.137. The number of aliphatic hydroxyl groups excluding tert-OH is 1. The Bertz CT molecular complexity index is 236. The minimum atomic E-state index is -0.707. The van der Waals surface area contributed by atoms with Gasteiger partial charge in [-0.3, -0.25) is 4.79 Å². The van der Waals surface area contributed by atoms with Gasteiger partial charge in [-0.05, 0) is 32.1 Å². The number of carboxylic acids is 1. The van der Waals surface area contributed by atoms with Gasteiger partial charge in [0.1, 0.15) is 0 Å². The molecule has 0 spiro atoms. The summed E-state index contributed by atoms with van der Waals surface area (Å²) in [4.78, 5) is 10.3. The lowest BCUT2D eigenvalue weighted by atomic mass is 10.1. The summed E-state index contributed by atoms with van der Waals surface area (Å²) in [5.74, 6) is -0.707. The van der Waals surface area contributed by atoms with E-state index in [-0.39, 0.29) is 12.5 Å². The third-order valence-corrected chi connectivity index (χ3v) is 3.23. The SMILES string of the molecule is CCCCCCC(O)C/C=C/CCCCCC(=O)O. The Morgan fingerprint density at radius 1 is 1.05 bits per heavy atom. The maximum absolute atomic E-state index is 10.3. The van der Waals surface area contributed by atoms with Crippen LogP contribution in [0.25, 0.3) is 0 Å². The zero-order valence-electron chi connectivity index (χ0n) is 12.3. The van der Waals surface area contributed by atoms with E-state index in [9.17, 15) is 9.90 Å². The molecule has 1 atom stereocenters. The molecule has 0 heterocycles. The molecule has 2 N–H and O–H groups in total. The Hall–Kier alpha value is -0.830. The normalized spacial score (nSPS) is 12.9. The highest BCUT2D eigenvalue weighted by molar-refractivity contribution is 5.66. The summed E-state index contributed by atoms with van der Waals surface area (Å²) in [7, 11) is 0. The quantitative estimate of drug-likeness (QED) is 0.387. The predicted octanol–water partition coefficient (Wildman–Crippen LogP) is 4.30. The molecule has 0 rings (SSSR count). The van der Waals surface area contributed by atoms with Crippen molar-refractivity contribution in [3.05, 3.63) is 12.2 Å². The van der Waals surface area contributed by atoms with Gasteiger partial charge in [-0.2, -0.15) is 0 Å². The minimum Gasteiger partial charge on any atom is -0.481 e. The summed E-state index contributed by atoms with van der Waals surface area (Å²) >= 11 is 0. The molecule has 19 heavy (non-hydrogen) atoms. The van der Waals surface area contributed by atoms with E-state index in [0.29, 0.717) is 0 Å². The zero-order valence-corrected chi connectivity index (χ0v) is 12.3. The maximum Gasteiger partial charge on any atom is 0.303 e. The number of aliphatic carboxylic acids is 1. The van der Waals surface area contributed by atoms with E-state index in [1.165, 1.54) is 19.3 Å². The molecule has 1 unspecified atom stereocenters. The molecule has 0 bridgehead atoms. The number of carboxylic acid groups (broad SMARTS) is 1. The third-order valence-electron chi connectivity index (χ3n) is 3.23. The molecule has 3 nitrogen and oxygen atoms in total. The zero-order chi connectivity index (χ0) is 14.3. The maximum atomic E-state index is 10.3. The fourth-order valence-electron chi connectivity index (χ4n) is 2.01. The molecule has 0 radical (unpaired) electrons. The first-order valence-corrected chi connectivity index (χ1v) is 7.71. The highest BCUT2D eigenvalue weighted by Gasteiger charge is 2.00. The standard InChI is InChI=1S/C16H30O3/c1-2-3-4-9-12-15(17)13-10-7-5-6-8-11-14-16(18)19/h7,10,15,17H,2-6,8-9,11-14H2,1H3,(H,18,19)/b10-7+. The van der Waals surface area contributed by atoms with E-state index < -0.39 is 5.97 Å². The van der Waals surface area contributed by atoms with Crippen molar-refractivity contribution < 1.29 is 15.0 Å². The van der Waals surface area contributed by atoms with E-state index in [0.717, 1.165) is 44.9 Å². The van der Waals surface area contributed by atoms with Crippen LogP contribution in [-0.4, -0.2) is 22.3 Å². The molecule has 0 aromatic heterocycles. The lowest BCUT2D eigenvalue weighted by Crippen LogP contribution is -2.04. The fraction of sp³-hybridized carbons (Fsp3) is 0.812. The summed E-state index contributed by atoms with van der Waals surface area (Å²) < 4.78 is 0. The Kier molecular flexibility index (Phi) is 13.0. The molecule has 0 aromatic rings. The molecule has 0 aliphatic carbocycles. The van der Waals surface area contributed by atoms with Gasteiger partial charge in [0, 0.05) is 6.42 Å². The van der Waals surface area contributed by atoms with E-state index in [2.05, 4.69) is 19.1 Å². The van der Waals surface area contributed by atoms with Crippen LogP contribution in [0.2, 0.25) is 0 Å². The van der Waals surface area contributed by atoms with E-state index in [1.54, 1.807) is 0 Å². The van der Waals surface area contributed by atoms with Gasteiger partial charge in [-0.1, -0.05) is 51.2 Å². The minimum absolute atomic E-state index is 0.194. The van der Waals surface area contributed by atoms with Crippen molar-refractivity contribution in [2.24, 2.45) is 0 Å². The molecule has 0 aliphatic rings. The van der Waals surface area contributed by atoms with Gasteiger partial charge in [-0.15, -0.1) is 0 Å². The molecular weight excluding hydrogens is 240 g/mol. The third kappa shape index (κ3) is 15.1. The van der Waals surface area contributed by atoms with Crippen LogP contribution in [0.5, 0.6) is 0 Å². The summed E-state index contributed by atoms with van der Waals surface area (Å²) in [6.45, 7) is 2.19. The van der Waals surface area contributed by atoms with Crippen LogP contribution < -0.4 is 0 Å². The van der Waals surface area contributed by atoms with Crippen molar-refractivity contribution in [3.63, 3.8) is 0 Å². The summed E-state index contributed by atoms with van der Waals surface area (Å²) in [6, 6.07) is 0. The van der Waals surface area contributed by atoms with Crippen LogP contribution >= 0.6 is 0 Å². The van der Waals surface area contributed by atoms with Crippen LogP contribution in [0.1, 0.15) is 77.6 Å². The van der Waals surface area contributed by atoms with Crippen LogP contribution in [0, 0.1) is 0 Å². The number of allylic oxidation sites excluding steroid dienone is 1. The van der Waals surface area contributed by atoms with Gasteiger partial charge in [0.15, 0.2) is 0 Å². The molecule has 0 aromatic carbocycles. The number of hydrogen-bond donors (Lipinski definition) is 2. The Balaban J connectivity index is 3.29. The van der Waals surface area contributed by atoms with Crippen molar-refractivity contribution in [3.8, 4) is 0 Å². The molecule has 112 valence electrons. The monoisotopic (exact) mass is 270 g/mol. The second-order valence-corrected chi connectivity index (χ2v) is 5.20. The first kappa shape index (κ1) is 18.2. The number of carbonyl (C=O) groups is 1. The van der Waals surface area contributed by atoms with Crippen LogP contribution in [0.3, 0.4) is 0 Å². The van der Waals surface area contributed by atoms with Gasteiger partial charge < -0.3 is 10.2 Å². The molecule has 0 saturated heterocycles. The Labute approximate surface area is 117 Å². The van der Waals surface area contributed by atoms with Gasteiger partial charge in [0.2, 0.25) is 0 Å². The summed E-state index contributed by atoms with van der Waals surface area (Å²) in [6.07, 6.45) is 14.5. The largest absolute Gasteiger partial charge is 0.481 e. The molecule has 0 amide bonds. The molecule has 0 saturated carbocycles. The van der Waals surface area contributed by atoms with Crippen LogP contribution in [0.4, 0.5) is 0 Å². The molecule has 0 fully saturated rings. The van der Waals surface area contributed by atoms with Crippen LogP contribution in [-0.2, 0) is 4.79 Å². The Morgan fingerprint density at radius 3 is 2.47 bits per heavy atom. The number of unbranched alkanes of at least 4 members (excludes halogenated alkanes) is 6. The van der Waals surface area contributed by atoms with Crippen molar-refractivity contribution in [2.75, 3.05) is 0 Å². The topological polar surface area (TPSA) is 57.5 Å². The van der Waals surface area contributed by atoms with Crippen molar-refractivity contribution in [1.82, 2.24) is 0 Å². The van der Waals surface area contributed by atoms with Crippen molar-refractivity contribution in [2.45, 2.75) is 83.7 Å². The fourth-order valence-corrected chi connectivity index (χ4v) is 2.01. The molecular formula is C16H30O3. The highest BCUT2D eigenvalue weighted by atomic mass is 16.4. The van der Waals surface area contributed by atoms with Crippen LogP contribution in [0.15, 0.2) is 12.2 Å². The van der Waals surface area contributed by atoms with Gasteiger partial charge >= 0.3 is 5.97 Å². The highest BCUT2D eigenvalue weighted by Crippen LogP contribution is 2.09. The molecule has 0 aliphatic heterocycles.